The first-order chi connectivity index (χ1) is 7.45. The van der Waals surface area contributed by atoms with Crippen LogP contribution in [0.1, 0.15) is 11.1 Å². The fraction of sp³-hybridized carbons (Fsp3) is 0.111. The Balaban J connectivity index is 3.38. The van der Waals surface area contributed by atoms with E-state index in [1.807, 2.05) is 0 Å². The van der Waals surface area contributed by atoms with E-state index in [2.05, 4.69) is 15.9 Å². The molecule has 0 fully saturated rings. The molecule has 1 aromatic carbocycles. The molecule has 6 nitrogen and oxygen atoms in total. The molecule has 0 aliphatic carbocycles. The maximum atomic E-state index is 10.6. The molecule has 0 amide bonds. The molecule has 1 N–H and O–H groups in total. The number of halogens is 1. The third kappa shape index (κ3) is 2.55. The number of nitro groups is 1. The van der Waals surface area contributed by atoms with E-state index in [1.165, 1.54) is 6.07 Å². The van der Waals surface area contributed by atoms with Crippen molar-refractivity contribution >= 4 is 27.6 Å². The third-order valence-corrected chi connectivity index (χ3v) is 2.71. The molecule has 0 spiro atoms. The molecule has 0 unspecified atom stereocenters. The Morgan fingerprint density at radius 2 is 2.25 bits per heavy atom. The monoisotopic (exact) mass is 284 g/mol. The molecule has 0 aliphatic heterocycles. The second-order valence-electron chi connectivity index (χ2n) is 2.91. The Morgan fingerprint density at radius 1 is 1.62 bits per heavy atom. The normalized spacial score (nSPS) is 9.50. The predicted octanol–water partition coefficient (Wildman–Crippen LogP) is 1.86. The van der Waals surface area contributed by atoms with Crippen LogP contribution < -0.4 is 0 Å². The van der Waals surface area contributed by atoms with E-state index >= 15 is 0 Å². The van der Waals surface area contributed by atoms with E-state index in [1.54, 1.807) is 6.07 Å². The summed E-state index contributed by atoms with van der Waals surface area (Å²) >= 11 is 2.96. The van der Waals surface area contributed by atoms with E-state index in [9.17, 15) is 14.9 Å². The lowest BCUT2D eigenvalue weighted by Crippen LogP contribution is -2.03. The lowest BCUT2D eigenvalue weighted by molar-refractivity contribution is -0.385. The number of nitriles is 1. The molecular formula is C9H5BrN2O4. The number of hydrogen-bond acceptors (Lipinski definition) is 4. The molecule has 0 radical (unpaired) electrons. The quantitative estimate of drug-likeness (QED) is 0.674. The minimum atomic E-state index is -1.12. The van der Waals surface area contributed by atoms with Crippen molar-refractivity contribution in [2.45, 2.75) is 6.42 Å². The summed E-state index contributed by atoms with van der Waals surface area (Å²) in [6.45, 7) is 0. The Morgan fingerprint density at radius 3 is 2.69 bits per heavy atom. The van der Waals surface area contributed by atoms with Crippen LogP contribution in [0, 0.1) is 21.4 Å². The summed E-state index contributed by atoms with van der Waals surface area (Å²) in [6, 6.07) is 4.15. The summed E-state index contributed by atoms with van der Waals surface area (Å²) < 4.78 is 0.0962. The smallest absolute Gasteiger partial charge is 0.307 e. The van der Waals surface area contributed by atoms with Crippen molar-refractivity contribution in [1.29, 1.82) is 5.26 Å². The maximum absolute atomic E-state index is 10.6. The lowest BCUT2D eigenvalue weighted by atomic mass is 10.1. The summed E-state index contributed by atoms with van der Waals surface area (Å²) in [5.74, 6) is -1.12. The highest BCUT2D eigenvalue weighted by Gasteiger charge is 2.18. The van der Waals surface area contributed by atoms with Crippen LogP contribution in [0.4, 0.5) is 5.69 Å². The number of nitro benzene ring substituents is 1. The Kier molecular flexibility index (Phi) is 3.58. The van der Waals surface area contributed by atoms with Crippen LogP contribution >= 0.6 is 15.9 Å². The van der Waals surface area contributed by atoms with E-state index in [0.717, 1.165) is 6.07 Å². The van der Waals surface area contributed by atoms with Crippen molar-refractivity contribution in [3.05, 3.63) is 37.8 Å². The van der Waals surface area contributed by atoms with Crippen LogP contribution in [-0.2, 0) is 11.2 Å². The first-order valence-electron chi connectivity index (χ1n) is 4.04. The number of aliphatic carboxylic acids is 1. The first kappa shape index (κ1) is 12.1. The van der Waals surface area contributed by atoms with Gasteiger partial charge in [0.1, 0.15) is 0 Å². The molecule has 0 heterocycles. The summed E-state index contributed by atoms with van der Waals surface area (Å²) in [4.78, 5) is 20.5. The standard InChI is InChI=1S/C9H5BrN2O4/c10-9-6(3-8(13)14)1-5(4-11)2-7(9)12(15)16/h1-2H,3H2,(H,13,14). The molecule has 1 aromatic rings. The fourth-order valence-electron chi connectivity index (χ4n) is 1.16. The Hall–Kier alpha value is -1.94. The van der Waals surface area contributed by atoms with Crippen molar-refractivity contribution in [3.8, 4) is 6.07 Å². The zero-order chi connectivity index (χ0) is 12.3. The lowest BCUT2D eigenvalue weighted by Gasteiger charge is -2.03. The van der Waals surface area contributed by atoms with Crippen LogP contribution in [-0.4, -0.2) is 16.0 Å². The van der Waals surface area contributed by atoms with Gasteiger partial charge in [-0.15, -0.1) is 0 Å². The zero-order valence-electron chi connectivity index (χ0n) is 7.81. The van der Waals surface area contributed by atoms with Crippen molar-refractivity contribution < 1.29 is 14.8 Å². The van der Waals surface area contributed by atoms with E-state index in [4.69, 9.17) is 10.4 Å². The molecule has 0 aliphatic rings. The highest BCUT2D eigenvalue weighted by atomic mass is 79.9. The molecular weight excluding hydrogens is 280 g/mol. The van der Waals surface area contributed by atoms with Gasteiger partial charge in [0.2, 0.25) is 0 Å². The SMILES string of the molecule is N#Cc1cc(CC(=O)O)c(Br)c([N+](=O)[O-])c1. The number of carboxylic acids is 1. The van der Waals surface area contributed by atoms with Crippen molar-refractivity contribution in [2.75, 3.05) is 0 Å². The molecule has 7 heteroatoms. The van der Waals surface area contributed by atoms with Gasteiger partial charge in [0.25, 0.3) is 5.69 Å². The number of carbonyl (C=O) groups is 1. The van der Waals surface area contributed by atoms with Crippen LogP contribution in [0.2, 0.25) is 0 Å². The second kappa shape index (κ2) is 4.72. The van der Waals surface area contributed by atoms with Crippen molar-refractivity contribution in [3.63, 3.8) is 0 Å². The summed E-state index contributed by atoms with van der Waals surface area (Å²) in [5.41, 5.74) is -0.0419. The van der Waals surface area contributed by atoms with Gasteiger partial charge in [-0.05, 0) is 27.6 Å². The second-order valence-corrected chi connectivity index (χ2v) is 3.70. The number of benzene rings is 1. The molecule has 0 bridgehead atoms. The molecule has 0 saturated heterocycles. The van der Waals surface area contributed by atoms with Crippen molar-refractivity contribution in [1.82, 2.24) is 0 Å². The largest absolute Gasteiger partial charge is 0.481 e. The van der Waals surface area contributed by atoms with Crippen LogP contribution in [0.3, 0.4) is 0 Å². The average Bonchev–Trinajstić information content (AvgIpc) is 2.19. The predicted molar refractivity (Wildman–Crippen MR) is 56.9 cm³/mol. The molecule has 0 saturated carbocycles. The summed E-state index contributed by atoms with van der Waals surface area (Å²) in [7, 11) is 0. The van der Waals surface area contributed by atoms with Crippen LogP contribution in [0.25, 0.3) is 0 Å². The van der Waals surface area contributed by atoms with Gasteiger partial charge in [0.05, 0.1) is 27.4 Å². The minimum Gasteiger partial charge on any atom is -0.481 e. The fourth-order valence-corrected chi connectivity index (χ4v) is 1.67. The Bertz CT molecular complexity index is 507. The topological polar surface area (TPSA) is 104 Å². The molecule has 1 rings (SSSR count). The van der Waals surface area contributed by atoms with Gasteiger partial charge in [0.15, 0.2) is 0 Å². The van der Waals surface area contributed by atoms with Crippen LogP contribution in [0.15, 0.2) is 16.6 Å². The van der Waals surface area contributed by atoms with Gasteiger partial charge in [-0.2, -0.15) is 5.26 Å². The summed E-state index contributed by atoms with van der Waals surface area (Å²) in [5, 5.41) is 27.9. The minimum absolute atomic E-state index is 0.0613. The Labute approximate surface area is 98.4 Å². The number of hydrogen-bond donors (Lipinski definition) is 1. The summed E-state index contributed by atoms with van der Waals surface area (Å²) in [6.07, 6.45) is -0.378. The van der Waals surface area contributed by atoms with E-state index in [0.29, 0.717) is 0 Å². The van der Waals surface area contributed by atoms with Crippen molar-refractivity contribution in [2.24, 2.45) is 0 Å². The molecule has 0 atom stereocenters. The van der Waals surface area contributed by atoms with Gasteiger partial charge in [-0.25, -0.2) is 0 Å². The first-order valence-corrected chi connectivity index (χ1v) is 4.83. The number of carboxylic acid groups (broad SMARTS) is 1. The van der Waals surface area contributed by atoms with Gasteiger partial charge >= 0.3 is 5.97 Å². The van der Waals surface area contributed by atoms with Gasteiger partial charge < -0.3 is 5.11 Å². The van der Waals surface area contributed by atoms with Gasteiger partial charge in [-0.3, -0.25) is 14.9 Å². The molecule has 16 heavy (non-hydrogen) atoms. The highest BCUT2D eigenvalue weighted by Crippen LogP contribution is 2.30. The highest BCUT2D eigenvalue weighted by molar-refractivity contribution is 9.10. The third-order valence-electron chi connectivity index (χ3n) is 1.80. The molecule has 0 aromatic heterocycles. The number of rotatable bonds is 3. The molecule has 82 valence electrons. The van der Waals surface area contributed by atoms with E-state index in [-0.39, 0.29) is 27.7 Å². The maximum Gasteiger partial charge on any atom is 0.307 e. The zero-order valence-corrected chi connectivity index (χ0v) is 9.39. The van der Waals surface area contributed by atoms with Gasteiger partial charge in [-0.1, -0.05) is 0 Å². The van der Waals surface area contributed by atoms with E-state index < -0.39 is 10.9 Å². The van der Waals surface area contributed by atoms with Crippen LogP contribution in [0.5, 0.6) is 0 Å². The number of nitrogens with zero attached hydrogens (tertiary/aromatic N) is 2. The average molecular weight is 285 g/mol. The van der Waals surface area contributed by atoms with Gasteiger partial charge in [0, 0.05) is 6.07 Å².